The highest BCUT2D eigenvalue weighted by Crippen LogP contribution is 2.38. The van der Waals surface area contributed by atoms with Gasteiger partial charge in [0.25, 0.3) is 11.8 Å². The largest absolute Gasteiger partial charge is 0.459 e. The van der Waals surface area contributed by atoms with Crippen LogP contribution in [0.1, 0.15) is 43.0 Å². The molecule has 0 radical (unpaired) electrons. The van der Waals surface area contributed by atoms with Gasteiger partial charge in [-0.1, -0.05) is 30.3 Å². The Morgan fingerprint density at radius 2 is 1.77 bits per heavy atom. The smallest absolute Gasteiger partial charge is 0.291 e. The van der Waals surface area contributed by atoms with E-state index in [0.717, 1.165) is 12.0 Å². The van der Waals surface area contributed by atoms with Crippen LogP contribution in [0.3, 0.4) is 0 Å². The van der Waals surface area contributed by atoms with Crippen LogP contribution in [0.4, 0.5) is 5.69 Å². The van der Waals surface area contributed by atoms with Gasteiger partial charge < -0.3 is 14.6 Å². The highest BCUT2D eigenvalue weighted by Gasteiger charge is 2.33. The maximum absolute atomic E-state index is 13.5. The Bertz CT molecular complexity index is 1200. The third-order valence-electron chi connectivity index (χ3n) is 5.48. The zero-order valence-corrected chi connectivity index (χ0v) is 17.5. The van der Waals surface area contributed by atoms with Gasteiger partial charge in [0, 0.05) is 22.7 Å². The maximum atomic E-state index is 13.5. The van der Waals surface area contributed by atoms with Crippen LogP contribution in [0.15, 0.2) is 88.9 Å². The molecule has 1 N–H and O–H groups in total. The van der Waals surface area contributed by atoms with Gasteiger partial charge in [0.15, 0.2) is 5.76 Å². The zero-order valence-electron chi connectivity index (χ0n) is 16.7. The number of amides is 2. The summed E-state index contributed by atoms with van der Waals surface area (Å²) in [5, 5.41) is 4.88. The van der Waals surface area contributed by atoms with E-state index in [1.165, 1.54) is 16.7 Å². The minimum atomic E-state index is -0.325. The summed E-state index contributed by atoms with van der Waals surface area (Å²) in [5.41, 5.74) is 3.52. The number of anilines is 1. The van der Waals surface area contributed by atoms with E-state index in [1.54, 1.807) is 47.7 Å². The van der Waals surface area contributed by atoms with Gasteiger partial charge in [-0.25, -0.2) is 0 Å². The number of hydrogen-bond donors (Lipinski definition) is 1. The normalized spacial score (nSPS) is 15.4. The van der Waals surface area contributed by atoms with E-state index in [1.807, 2.05) is 23.1 Å². The second-order valence-corrected chi connectivity index (χ2v) is 8.37. The Labute approximate surface area is 183 Å². The first-order valence-corrected chi connectivity index (χ1v) is 11.0. The topological polar surface area (TPSA) is 62.6 Å². The van der Waals surface area contributed by atoms with Crippen molar-refractivity contribution < 1.29 is 14.0 Å². The molecule has 6 heteroatoms. The average molecular weight is 429 g/mol. The molecule has 1 atom stereocenters. The summed E-state index contributed by atoms with van der Waals surface area (Å²) in [6, 6.07) is 22.5. The van der Waals surface area contributed by atoms with Crippen LogP contribution >= 0.6 is 11.3 Å². The van der Waals surface area contributed by atoms with E-state index in [0.29, 0.717) is 17.8 Å². The number of carbonyl (C=O) groups is 2. The summed E-state index contributed by atoms with van der Waals surface area (Å²) in [5.74, 6) is -0.102. The average Bonchev–Trinajstić information content (AvgIpc) is 3.51. The minimum absolute atomic E-state index is 0.0189. The lowest BCUT2D eigenvalue weighted by molar-refractivity contribution is 0.0696. The monoisotopic (exact) mass is 428 g/mol. The van der Waals surface area contributed by atoms with Crippen LogP contribution < -0.4 is 5.32 Å². The second kappa shape index (κ2) is 8.24. The molecule has 5 nitrogen and oxygen atoms in total. The number of nitrogens with zero attached hydrogens (tertiary/aromatic N) is 1. The molecule has 2 amide bonds. The number of fused-ring (bicyclic) bond motifs is 1. The number of carbonyl (C=O) groups excluding carboxylic acids is 2. The van der Waals surface area contributed by atoms with Crippen molar-refractivity contribution in [1.82, 2.24) is 4.90 Å². The van der Waals surface area contributed by atoms with E-state index in [-0.39, 0.29) is 23.6 Å². The van der Waals surface area contributed by atoms with E-state index in [9.17, 15) is 9.59 Å². The van der Waals surface area contributed by atoms with Gasteiger partial charge >= 0.3 is 0 Å². The molecule has 1 aliphatic heterocycles. The standard InChI is InChI=1S/C25H20N2O3S/c28-24(21-7-4-15-30-21)26-19-10-8-18(9-11-19)25(29)27-14-12-22-20(13-16-31-22)23(27)17-5-2-1-3-6-17/h1-11,13,15-16,23H,12,14H2,(H,26,28)/t23-/m0/s1. The molecule has 1 aliphatic rings. The molecule has 2 aromatic carbocycles. The predicted molar refractivity (Wildman–Crippen MR) is 120 cm³/mol. The number of furan rings is 1. The molecule has 0 saturated carbocycles. The third kappa shape index (κ3) is 3.78. The lowest BCUT2D eigenvalue weighted by Gasteiger charge is -2.36. The fourth-order valence-corrected chi connectivity index (χ4v) is 4.90. The van der Waals surface area contributed by atoms with E-state index in [2.05, 4.69) is 28.9 Å². The molecular formula is C25H20N2O3S. The van der Waals surface area contributed by atoms with Crippen LogP contribution in [0.2, 0.25) is 0 Å². The molecular weight excluding hydrogens is 408 g/mol. The molecule has 31 heavy (non-hydrogen) atoms. The lowest BCUT2D eigenvalue weighted by Crippen LogP contribution is -2.40. The minimum Gasteiger partial charge on any atom is -0.459 e. The Hall–Kier alpha value is -3.64. The van der Waals surface area contributed by atoms with Gasteiger partial charge in [-0.3, -0.25) is 9.59 Å². The second-order valence-electron chi connectivity index (χ2n) is 7.37. The van der Waals surface area contributed by atoms with E-state index >= 15 is 0 Å². The zero-order chi connectivity index (χ0) is 21.2. The highest BCUT2D eigenvalue weighted by molar-refractivity contribution is 7.10. The molecule has 0 bridgehead atoms. The Balaban J connectivity index is 1.39. The highest BCUT2D eigenvalue weighted by atomic mass is 32.1. The van der Waals surface area contributed by atoms with E-state index in [4.69, 9.17) is 4.42 Å². The molecule has 0 spiro atoms. The quantitative estimate of drug-likeness (QED) is 0.475. The fourth-order valence-electron chi connectivity index (χ4n) is 3.99. The number of benzene rings is 2. The van der Waals surface area contributed by atoms with Crippen molar-refractivity contribution in [2.24, 2.45) is 0 Å². The van der Waals surface area contributed by atoms with Gasteiger partial charge in [0.1, 0.15) is 0 Å². The molecule has 0 fully saturated rings. The molecule has 154 valence electrons. The fraction of sp³-hybridized carbons (Fsp3) is 0.120. The van der Waals surface area contributed by atoms with Gasteiger partial charge in [-0.2, -0.15) is 0 Å². The number of hydrogen-bond acceptors (Lipinski definition) is 4. The van der Waals surface area contributed by atoms with Crippen LogP contribution in [0.25, 0.3) is 0 Å². The van der Waals surface area contributed by atoms with Crippen molar-refractivity contribution in [3.63, 3.8) is 0 Å². The number of rotatable bonds is 4. The molecule has 0 saturated heterocycles. The summed E-state index contributed by atoms with van der Waals surface area (Å²) in [6.07, 6.45) is 2.32. The van der Waals surface area contributed by atoms with Crippen molar-refractivity contribution in [3.8, 4) is 0 Å². The van der Waals surface area contributed by atoms with Crippen molar-refractivity contribution in [1.29, 1.82) is 0 Å². The van der Waals surface area contributed by atoms with Gasteiger partial charge in [0.2, 0.25) is 0 Å². The van der Waals surface area contributed by atoms with Gasteiger partial charge in [0.05, 0.1) is 12.3 Å². The Morgan fingerprint density at radius 3 is 2.52 bits per heavy atom. The van der Waals surface area contributed by atoms with E-state index < -0.39 is 0 Å². The number of nitrogens with one attached hydrogen (secondary N) is 1. The molecule has 4 aromatic rings. The van der Waals surface area contributed by atoms with Crippen molar-refractivity contribution in [3.05, 3.63) is 112 Å². The van der Waals surface area contributed by atoms with Crippen LogP contribution in [-0.4, -0.2) is 23.3 Å². The van der Waals surface area contributed by atoms with Crippen molar-refractivity contribution >= 4 is 28.8 Å². The van der Waals surface area contributed by atoms with Crippen LogP contribution in [-0.2, 0) is 6.42 Å². The van der Waals surface area contributed by atoms with Crippen molar-refractivity contribution in [2.45, 2.75) is 12.5 Å². The summed E-state index contributed by atoms with van der Waals surface area (Å²) in [4.78, 5) is 28.9. The van der Waals surface area contributed by atoms with Gasteiger partial charge in [-0.05, 0) is 65.4 Å². The molecule has 0 aliphatic carbocycles. The Kier molecular flexibility index (Phi) is 5.14. The van der Waals surface area contributed by atoms with Gasteiger partial charge in [-0.15, -0.1) is 11.3 Å². The first-order chi connectivity index (χ1) is 15.2. The predicted octanol–water partition coefficient (Wildman–Crippen LogP) is 5.38. The summed E-state index contributed by atoms with van der Waals surface area (Å²) >= 11 is 1.75. The summed E-state index contributed by atoms with van der Waals surface area (Å²) < 4.78 is 5.11. The third-order valence-corrected chi connectivity index (χ3v) is 6.47. The summed E-state index contributed by atoms with van der Waals surface area (Å²) in [6.45, 7) is 0.670. The number of thiophene rings is 1. The van der Waals surface area contributed by atoms with Crippen molar-refractivity contribution in [2.75, 3.05) is 11.9 Å². The summed E-state index contributed by atoms with van der Waals surface area (Å²) in [7, 11) is 0. The molecule has 0 unspecified atom stereocenters. The first-order valence-electron chi connectivity index (χ1n) is 10.1. The Morgan fingerprint density at radius 1 is 0.968 bits per heavy atom. The molecule has 3 heterocycles. The van der Waals surface area contributed by atoms with Crippen LogP contribution in [0, 0.1) is 0 Å². The molecule has 5 rings (SSSR count). The maximum Gasteiger partial charge on any atom is 0.291 e. The lowest BCUT2D eigenvalue weighted by atomic mass is 9.92. The first kappa shape index (κ1) is 19.3. The molecule has 2 aromatic heterocycles. The SMILES string of the molecule is O=C(Nc1ccc(C(=O)N2CCc3sccc3[C@@H]2c2ccccc2)cc1)c1ccco1. The van der Waals surface area contributed by atoms with Crippen LogP contribution in [0.5, 0.6) is 0 Å².